The van der Waals surface area contributed by atoms with Crippen LogP contribution in [-0.4, -0.2) is 23.5 Å². The lowest BCUT2D eigenvalue weighted by Crippen LogP contribution is -2.51. The number of hydrogen-bond acceptors (Lipinski definition) is 3. The summed E-state index contributed by atoms with van der Waals surface area (Å²) in [4.78, 5) is 12.6. The molecule has 1 amide bonds. The summed E-state index contributed by atoms with van der Waals surface area (Å²) < 4.78 is 0. The summed E-state index contributed by atoms with van der Waals surface area (Å²) in [5, 5.41) is 15.3. The third kappa shape index (κ3) is 3.69. The molecule has 2 fully saturated rings. The predicted octanol–water partition coefficient (Wildman–Crippen LogP) is 2.63. The van der Waals surface area contributed by atoms with E-state index in [1.165, 1.54) is 25.7 Å². The molecule has 5 heteroatoms. The summed E-state index contributed by atoms with van der Waals surface area (Å²) in [5.74, 6) is 1.44. The zero-order chi connectivity index (χ0) is 15.3. The summed E-state index contributed by atoms with van der Waals surface area (Å²) in [6.45, 7) is 3.02. The van der Waals surface area contributed by atoms with Crippen molar-refractivity contribution in [3.63, 3.8) is 0 Å². The fraction of sp³-hybridized carbons (Fsp3) is 0.875. The molecule has 0 saturated heterocycles. The maximum Gasteiger partial charge on any atom is 0.233 e. The second kappa shape index (κ2) is 7.14. The van der Waals surface area contributed by atoms with Crippen molar-refractivity contribution in [2.45, 2.75) is 64.7 Å². The molecule has 21 heavy (non-hydrogen) atoms. The smallest absolute Gasteiger partial charge is 0.233 e. The molecule has 0 aromatic heterocycles. The molecular weight excluding hydrogens is 266 g/mol. The van der Waals surface area contributed by atoms with Crippen molar-refractivity contribution >= 4 is 11.7 Å². The van der Waals surface area contributed by atoms with E-state index in [9.17, 15) is 4.79 Å². The fourth-order valence-electron chi connectivity index (χ4n) is 3.79. The zero-order valence-electron chi connectivity index (χ0n) is 13.1. The van der Waals surface area contributed by atoms with E-state index >= 15 is 0 Å². The highest BCUT2D eigenvalue weighted by atomic mass is 16.4. The fourth-order valence-corrected chi connectivity index (χ4v) is 3.79. The number of carbonyl (C=O) groups is 1. The summed E-state index contributed by atoms with van der Waals surface area (Å²) in [5.41, 5.74) is 5.07. The normalized spacial score (nSPS) is 29.9. The lowest BCUT2D eigenvalue weighted by molar-refractivity contribution is -0.129. The standard InChI is InChI=1S/C16H29N3O2/c1-12-5-7-13(8-6-12)11-18-15(20)16(14(17)19-21)9-3-2-4-10-16/h12-13,21H,2-11H2,1H3,(H2,17,19)(H,18,20). The third-order valence-electron chi connectivity index (χ3n) is 5.43. The van der Waals surface area contributed by atoms with Gasteiger partial charge < -0.3 is 16.3 Å². The third-order valence-corrected chi connectivity index (χ3v) is 5.43. The summed E-state index contributed by atoms with van der Waals surface area (Å²) in [6.07, 6.45) is 9.32. The van der Waals surface area contributed by atoms with E-state index in [-0.39, 0.29) is 11.7 Å². The molecular formula is C16H29N3O2. The summed E-state index contributed by atoms with van der Waals surface area (Å²) in [6, 6.07) is 0. The number of amidine groups is 1. The Hall–Kier alpha value is -1.26. The molecule has 2 aliphatic rings. The summed E-state index contributed by atoms with van der Waals surface area (Å²) in [7, 11) is 0. The lowest BCUT2D eigenvalue weighted by atomic mass is 9.72. The van der Waals surface area contributed by atoms with Crippen LogP contribution < -0.4 is 11.1 Å². The SMILES string of the molecule is CC1CCC(CNC(=O)C2(C(N)=NO)CCCCC2)CC1. The molecule has 0 aromatic carbocycles. The Morgan fingerprint density at radius 1 is 1.24 bits per heavy atom. The van der Waals surface area contributed by atoms with Crippen LogP contribution in [0, 0.1) is 17.3 Å². The van der Waals surface area contributed by atoms with Gasteiger partial charge >= 0.3 is 0 Å². The molecule has 0 radical (unpaired) electrons. The van der Waals surface area contributed by atoms with Crippen molar-refractivity contribution in [3.05, 3.63) is 0 Å². The van der Waals surface area contributed by atoms with E-state index in [1.54, 1.807) is 0 Å². The minimum Gasteiger partial charge on any atom is -0.409 e. The van der Waals surface area contributed by atoms with Gasteiger partial charge in [-0.15, -0.1) is 0 Å². The van der Waals surface area contributed by atoms with Gasteiger partial charge in [0.25, 0.3) is 0 Å². The van der Waals surface area contributed by atoms with Crippen LogP contribution in [0.5, 0.6) is 0 Å². The highest BCUT2D eigenvalue weighted by Crippen LogP contribution is 2.37. The van der Waals surface area contributed by atoms with Crippen molar-refractivity contribution in [1.29, 1.82) is 0 Å². The number of hydrogen-bond donors (Lipinski definition) is 3. The first-order valence-electron chi connectivity index (χ1n) is 8.35. The lowest BCUT2D eigenvalue weighted by Gasteiger charge is -2.35. The summed E-state index contributed by atoms with van der Waals surface area (Å²) >= 11 is 0. The Labute approximate surface area is 127 Å². The molecule has 0 atom stereocenters. The monoisotopic (exact) mass is 295 g/mol. The van der Waals surface area contributed by atoms with E-state index in [1.807, 2.05) is 0 Å². The number of amides is 1. The molecule has 0 bridgehead atoms. The van der Waals surface area contributed by atoms with Crippen LogP contribution in [0.3, 0.4) is 0 Å². The highest BCUT2D eigenvalue weighted by molar-refractivity contribution is 6.06. The van der Waals surface area contributed by atoms with E-state index in [0.717, 1.165) is 31.7 Å². The molecule has 4 N–H and O–H groups in total. The van der Waals surface area contributed by atoms with Gasteiger partial charge in [-0.1, -0.05) is 44.2 Å². The van der Waals surface area contributed by atoms with Crippen LogP contribution in [0.25, 0.3) is 0 Å². The van der Waals surface area contributed by atoms with E-state index in [4.69, 9.17) is 10.9 Å². The Morgan fingerprint density at radius 2 is 1.86 bits per heavy atom. The molecule has 2 saturated carbocycles. The van der Waals surface area contributed by atoms with Crippen LogP contribution in [0.1, 0.15) is 64.7 Å². The molecule has 0 aromatic rings. The molecule has 0 unspecified atom stereocenters. The Morgan fingerprint density at radius 3 is 2.43 bits per heavy atom. The van der Waals surface area contributed by atoms with Gasteiger partial charge in [0.1, 0.15) is 5.41 Å². The predicted molar refractivity (Wildman–Crippen MR) is 83.1 cm³/mol. The van der Waals surface area contributed by atoms with Gasteiger partial charge in [-0.3, -0.25) is 4.79 Å². The average molecular weight is 295 g/mol. The van der Waals surface area contributed by atoms with Crippen molar-refractivity contribution in [2.24, 2.45) is 28.1 Å². The molecule has 2 rings (SSSR count). The largest absolute Gasteiger partial charge is 0.409 e. The van der Waals surface area contributed by atoms with Crippen molar-refractivity contribution in [1.82, 2.24) is 5.32 Å². The number of rotatable bonds is 4. The first kappa shape index (κ1) is 16.1. The number of nitrogens with two attached hydrogens (primary N) is 1. The Bertz CT molecular complexity index is 381. The average Bonchev–Trinajstić information content (AvgIpc) is 2.53. The maximum absolute atomic E-state index is 12.6. The van der Waals surface area contributed by atoms with Gasteiger partial charge in [-0.25, -0.2) is 0 Å². The molecule has 0 heterocycles. The van der Waals surface area contributed by atoms with E-state index in [0.29, 0.717) is 18.8 Å². The van der Waals surface area contributed by atoms with Crippen LogP contribution in [0.4, 0.5) is 0 Å². The van der Waals surface area contributed by atoms with Crippen molar-refractivity contribution < 1.29 is 10.0 Å². The van der Waals surface area contributed by atoms with Crippen LogP contribution >= 0.6 is 0 Å². The first-order chi connectivity index (χ1) is 10.1. The first-order valence-corrected chi connectivity index (χ1v) is 8.35. The van der Waals surface area contributed by atoms with Gasteiger partial charge in [0.15, 0.2) is 5.84 Å². The molecule has 0 aliphatic heterocycles. The van der Waals surface area contributed by atoms with E-state index in [2.05, 4.69) is 17.4 Å². The molecule has 0 spiro atoms. The van der Waals surface area contributed by atoms with Gasteiger partial charge in [0.2, 0.25) is 5.91 Å². The number of nitrogens with zero attached hydrogens (tertiary/aromatic N) is 1. The van der Waals surface area contributed by atoms with Crippen molar-refractivity contribution in [3.8, 4) is 0 Å². The van der Waals surface area contributed by atoms with Crippen LogP contribution in [0.2, 0.25) is 0 Å². The Kier molecular flexibility index (Phi) is 5.48. The van der Waals surface area contributed by atoms with Crippen LogP contribution in [-0.2, 0) is 4.79 Å². The quantitative estimate of drug-likeness (QED) is 0.322. The second-order valence-electron chi connectivity index (χ2n) is 6.96. The number of oxime groups is 1. The van der Waals surface area contributed by atoms with Gasteiger partial charge in [-0.2, -0.15) is 0 Å². The van der Waals surface area contributed by atoms with Gasteiger partial charge in [0, 0.05) is 6.54 Å². The maximum atomic E-state index is 12.6. The van der Waals surface area contributed by atoms with Gasteiger partial charge in [-0.05, 0) is 37.5 Å². The van der Waals surface area contributed by atoms with Gasteiger partial charge in [0.05, 0.1) is 0 Å². The van der Waals surface area contributed by atoms with Crippen LogP contribution in [0.15, 0.2) is 5.16 Å². The topological polar surface area (TPSA) is 87.7 Å². The number of nitrogens with one attached hydrogen (secondary N) is 1. The molecule has 2 aliphatic carbocycles. The number of carbonyl (C=O) groups excluding carboxylic acids is 1. The molecule has 5 nitrogen and oxygen atoms in total. The highest BCUT2D eigenvalue weighted by Gasteiger charge is 2.43. The minimum absolute atomic E-state index is 0.0453. The minimum atomic E-state index is -0.783. The Balaban J connectivity index is 1.93. The van der Waals surface area contributed by atoms with Crippen molar-refractivity contribution in [2.75, 3.05) is 6.54 Å². The second-order valence-corrected chi connectivity index (χ2v) is 6.96. The molecule has 120 valence electrons. The van der Waals surface area contributed by atoms with E-state index < -0.39 is 5.41 Å². The zero-order valence-corrected chi connectivity index (χ0v) is 13.1.